The summed E-state index contributed by atoms with van der Waals surface area (Å²) in [6, 6.07) is 11.5. The first kappa shape index (κ1) is 26.1. The van der Waals surface area contributed by atoms with Gasteiger partial charge in [-0.2, -0.15) is 0 Å². The minimum absolute atomic E-state index is 0.188. The highest BCUT2D eigenvalue weighted by Crippen LogP contribution is 2.31. The van der Waals surface area contributed by atoms with Gasteiger partial charge in [-0.15, -0.1) is 5.10 Å². The molecule has 1 amide bonds. The zero-order valence-electron chi connectivity index (χ0n) is 23.1. The number of carbonyl (C=O) groups excluding carboxylic acids is 1. The topological polar surface area (TPSA) is 136 Å². The maximum absolute atomic E-state index is 12.0. The number of rotatable bonds is 7. The molecule has 0 bridgehead atoms. The van der Waals surface area contributed by atoms with Gasteiger partial charge in [0, 0.05) is 31.9 Å². The van der Waals surface area contributed by atoms with Crippen molar-refractivity contribution >= 4 is 45.4 Å². The van der Waals surface area contributed by atoms with Gasteiger partial charge in [0.2, 0.25) is 11.9 Å². The normalized spacial score (nSPS) is 17.0. The Morgan fingerprint density at radius 3 is 2.85 bits per heavy atom. The van der Waals surface area contributed by atoms with Crippen molar-refractivity contribution in [2.75, 3.05) is 23.3 Å². The quantitative estimate of drug-likeness (QED) is 0.284. The predicted octanol–water partition coefficient (Wildman–Crippen LogP) is 4.21. The van der Waals surface area contributed by atoms with E-state index >= 15 is 0 Å². The van der Waals surface area contributed by atoms with Gasteiger partial charge in [-0.25, -0.2) is 24.6 Å². The molecule has 1 atom stereocenters. The molecule has 1 fully saturated rings. The van der Waals surface area contributed by atoms with Crippen molar-refractivity contribution in [3.8, 4) is 11.5 Å². The zero-order chi connectivity index (χ0) is 28.6. The molecular weight excluding hydrogens is 520 g/mol. The molecule has 0 spiro atoms. The number of amides is 1. The number of fused-ring (bicyclic) bond motifs is 2. The molecule has 6 rings (SSSR count). The second-order valence-corrected chi connectivity index (χ2v) is 10.5. The lowest BCUT2D eigenvalue weighted by molar-refractivity contribution is -0.118. The van der Waals surface area contributed by atoms with Gasteiger partial charge in [0.25, 0.3) is 0 Å². The molecule has 2 aromatic carbocycles. The monoisotopic (exact) mass is 550 g/mol. The smallest absolute Gasteiger partial charge is 0.243 e. The van der Waals surface area contributed by atoms with Crippen molar-refractivity contribution in [1.29, 1.82) is 0 Å². The van der Waals surface area contributed by atoms with Crippen molar-refractivity contribution in [3.05, 3.63) is 67.1 Å². The molecule has 41 heavy (non-hydrogen) atoms. The molecule has 1 aliphatic rings. The largest absolute Gasteiger partial charge is 0.457 e. The van der Waals surface area contributed by atoms with Gasteiger partial charge in [-0.1, -0.05) is 11.8 Å². The van der Waals surface area contributed by atoms with Crippen LogP contribution < -0.4 is 20.3 Å². The summed E-state index contributed by atoms with van der Waals surface area (Å²) >= 11 is 0. The van der Waals surface area contributed by atoms with Gasteiger partial charge < -0.3 is 20.3 Å². The highest BCUT2D eigenvalue weighted by Gasteiger charge is 2.33. The van der Waals surface area contributed by atoms with Crippen molar-refractivity contribution in [3.63, 3.8) is 0 Å². The first-order valence-corrected chi connectivity index (χ1v) is 13.3. The number of nitrogens with zero attached hydrogens (tertiary/aromatic N) is 8. The second-order valence-electron chi connectivity index (χ2n) is 10.5. The van der Waals surface area contributed by atoms with Crippen molar-refractivity contribution in [1.82, 2.24) is 40.2 Å². The molecule has 5 aromatic rings. The summed E-state index contributed by atoms with van der Waals surface area (Å²) in [7, 11) is 1.86. The predicted molar refractivity (Wildman–Crippen MR) is 156 cm³/mol. The maximum Gasteiger partial charge on any atom is 0.243 e. The van der Waals surface area contributed by atoms with Crippen LogP contribution in [-0.4, -0.2) is 59.5 Å². The van der Waals surface area contributed by atoms with E-state index in [1.165, 1.54) is 12.4 Å². The van der Waals surface area contributed by atoms with Gasteiger partial charge >= 0.3 is 0 Å². The van der Waals surface area contributed by atoms with E-state index in [0.29, 0.717) is 35.1 Å². The molecule has 1 aliphatic heterocycles. The van der Waals surface area contributed by atoms with Crippen LogP contribution in [0.4, 0.5) is 17.5 Å². The number of ether oxygens (including phenoxy) is 1. The van der Waals surface area contributed by atoms with Gasteiger partial charge in [0.15, 0.2) is 5.82 Å². The minimum Gasteiger partial charge on any atom is -0.457 e. The number of hydrogen-bond acceptors (Lipinski definition) is 10. The summed E-state index contributed by atoms with van der Waals surface area (Å²) in [6.07, 6.45) is 6.25. The van der Waals surface area contributed by atoms with E-state index in [9.17, 15) is 4.79 Å². The standard InChI is InChI=1S/C29H30N10O2/c1-5-25(40)35-29(3)11-6-12-39(16-29)28-30-15-22-26(34-28)27(32-17-31-22)33-19-7-10-24(18(2)13-19)41-20-8-9-23-21(14-20)36-37-38(23)4/h5,7-10,13-15,17H,1,6,11-12,16H2,2-4H3,(H,35,40)(H,31,32,33)/t29-/m1/s1. The molecule has 1 saturated heterocycles. The highest BCUT2D eigenvalue weighted by molar-refractivity contribution is 5.88. The lowest BCUT2D eigenvalue weighted by atomic mass is 9.91. The van der Waals surface area contributed by atoms with E-state index in [1.807, 2.05) is 57.3 Å². The van der Waals surface area contributed by atoms with E-state index in [-0.39, 0.29) is 5.91 Å². The lowest BCUT2D eigenvalue weighted by Crippen LogP contribution is -2.56. The summed E-state index contributed by atoms with van der Waals surface area (Å²) in [5.41, 5.74) is 4.31. The highest BCUT2D eigenvalue weighted by atomic mass is 16.5. The first-order valence-electron chi connectivity index (χ1n) is 13.3. The van der Waals surface area contributed by atoms with Crippen LogP contribution in [0.2, 0.25) is 0 Å². The molecule has 12 nitrogen and oxygen atoms in total. The van der Waals surface area contributed by atoms with Gasteiger partial charge in [-0.3, -0.25) is 4.79 Å². The van der Waals surface area contributed by atoms with Crippen molar-refractivity contribution < 1.29 is 9.53 Å². The molecule has 12 heteroatoms. The fourth-order valence-electron chi connectivity index (χ4n) is 5.14. The molecule has 4 heterocycles. The van der Waals surface area contributed by atoms with Gasteiger partial charge in [-0.05, 0) is 68.7 Å². The number of nitrogens with one attached hydrogen (secondary N) is 2. The summed E-state index contributed by atoms with van der Waals surface area (Å²) < 4.78 is 7.87. The number of benzene rings is 2. The lowest BCUT2D eigenvalue weighted by Gasteiger charge is -2.40. The van der Waals surface area contributed by atoms with Crippen molar-refractivity contribution in [2.24, 2.45) is 7.05 Å². The molecule has 3 aromatic heterocycles. The zero-order valence-corrected chi connectivity index (χ0v) is 23.1. The Balaban J connectivity index is 1.22. The SMILES string of the molecule is C=CC(=O)N[C@]1(C)CCCN(c2ncc3ncnc(Nc4ccc(Oc5ccc6c(c5)nnn6C)c(C)c4)c3n2)C1. The Kier molecular flexibility index (Phi) is 6.66. The van der Waals surface area contributed by atoms with Gasteiger partial charge in [0.1, 0.15) is 34.4 Å². The van der Waals surface area contributed by atoms with Crippen LogP contribution in [0.1, 0.15) is 25.3 Å². The summed E-state index contributed by atoms with van der Waals surface area (Å²) in [6.45, 7) is 8.95. The summed E-state index contributed by atoms with van der Waals surface area (Å²) in [5.74, 6) is 2.36. The third kappa shape index (κ3) is 5.36. The second kappa shape index (κ2) is 10.5. The number of piperidine rings is 1. The fraction of sp³-hybridized carbons (Fsp3) is 0.276. The molecular formula is C29H30N10O2. The van der Waals surface area contributed by atoms with Crippen LogP contribution in [0.15, 0.2) is 61.6 Å². The number of anilines is 3. The molecule has 0 unspecified atom stereocenters. The third-order valence-electron chi connectivity index (χ3n) is 7.20. The van der Waals surface area contributed by atoms with E-state index in [0.717, 1.165) is 47.4 Å². The number of hydrogen-bond donors (Lipinski definition) is 2. The van der Waals surface area contributed by atoms with E-state index < -0.39 is 5.54 Å². The Bertz CT molecular complexity index is 1780. The minimum atomic E-state index is -0.405. The molecule has 2 N–H and O–H groups in total. The maximum atomic E-state index is 12.0. The van der Waals surface area contributed by atoms with Crippen LogP contribution in [0.3, 0.4) is 0 Å². The van der Waals surface area contributed by atoms with Crippen LogP contribution >= 0.6 is 0 Å². The Labute approximate surface area is 236 Å². The number of aromatic nitrogens is 7. The van der Waals surface area contributed by atoms with Crippen LogP contribution in [0.5, 0.6) is 11.5 Å². The third-order valence-corrected chi connectivity index (χ3v) is 7.20. The van der Waals surface area contributed by atoms with Crippen LogP contribution in [0.25, 0.3) is 22.1 Å². The number of carbonyl (C=O) groups is 1. The van der Waals surface area contributed by atoms with Crippen LogP contribution in [0, 0.1) is 6.92 Å². The molecule has 0 radical (unpaired) electrons. The Hall–Kier alpha value is -5.13. The number of aryl methyl sites for hydroxylation is 2. The van der Waals surface area contributed by atoms with Gasteiger partial charge in [0.05, 0.1) is 17.3 Å². The summed E-state index contributed by atoms with van der Waals surface area (Å²) in [5, 5.41) is 14.6. The molecule has 0 aliphatic carbocycles. The van der Waals surface area contributed by atoms with E-state index in [4.69, 9.17) is 9.72 Å². The van der Waals surface area contributed by atoms with E-state index in [2.05, 4.69) is 47.4 Å². The summed E-state index contributed by atoms with van der Waals surface area (Å²) in [4.78, 5) is 32.3. The van der Waals surface area contributed by atoms with Crippen molar-refractivity contribution in [2.45, 2.75) is 32.2 Å². The molecule has 208 valence electrons. The average Bonchev–Trinajstić information content (AvgIpc) is 3.34. The first-order chi connectivity index (χ1) is 19.8. The van der Waals surface area contributed by atoms with E-state index in [1.54, 1.807) is 10.9 Å². The average molecular weight is 551 g/mol. The van der Waals surface area contributed by atoms with Crippen LogP contribution in [-0.2, 0) is 11.8 Å². The Morgan fingerprint density at radius 1 is 1.15 bits per heavy atom. The fourth-order valence-corrected chi connectivity index (χ4v) is 5.14. The Morgan fingerprint density at radius 2 is 2.02 bits per heavy atom. The molecule has 0 saturated carbocycles.